The quantitative estimate of drug-likeness (QED) is 0.155. The minimum atomic E-state index is -0.170. The number of fused-ring (bicyclic) bond motifs is 1. The van der Waals surface area contributed by atoms with Crippen molar-refractivity contribution in [2.45, 2.75) is 38.6 Å². The number of methoxy groups -OCH3 is 1. The number of benzene rings is 4. The van der Waals surface area contributed by atoms with Crippen LogP contribution in [0.1, 0.15) is 46.8 Å². The predicted molar refractivity (Wildman–Crippen MR) is 162 cm³/mol. The van der Waals surface area contributed by atoms with Gasteiger partial charge in [0.1, 0.15) is 5.75 Å². The van der Waals surface area contributed by atoms with Crippen LogP contribution in [0.2, 0.25) is 5.02 Å². The fourth-order valence-corrected chi connectivity index (χ4v) is 5.62. The normalized spacial score (nSPS) is 11.2. The first-order valence-corrected chi connectivity index (χ1v) is 14.1. The molecule has 0 saturated carbocycles. The molecular formula is C35H34ClNO3. The third-order valence-electron chi connectivity index (χ3n) is 7.45. The van der Waals surface area contributed by atoms with Crippen LogP contribution < -0.4 is 4.74 Å². The summed E-state index contributed by atoms with van der Waals surface area (Å²) in [6.07, 6.45) is 2.79. The molecule has 0 radical (unpaired) electrons. The van der Waals surface area contributed by atoms with E-state index in [1.165, 1.54) is 35.1 Å². The molecule has 0 aliphatic rings. The predicted octanol–water partition coefficient (Wildman–Crippen LogP) is 8.36. The molecule has 5 rings (SSSR count). The lowest BCUT2D eigenvalue weighted by Crippen LogP contribution is -2.14. The number of aryl methyl sites for hydroxylation is 1. The summed E-state index contributed by atoms with van der Waals surface area (Å²) < 4.78 is 13.3. The average molecular weight is 552 g/mol. The van der Waals surface area contributed by atoms with E-state index in [-0.39, 0.29) is 12.0 Å². The second-order valence-electron chi connectivity index (χ2n) is 9.99. The lowest BCUT2D eigenvalue weighted by atomic mass is 9.98. The summed E-state index contributed by atoms with van der Waals surface area (Å²) in [4.78, 5) is 11.3. The summed E-state index contributed by atoms with van der Waals surface area (Å²) in [5, 5.41) is 1.89. The lowest BCUT2D eigenvalue weighted by Gasteiger charge is -2.23. The van der Waals surface area contributed by atoms with E-state index >= 15 is 0 Å². The zero-order valence-corrected chi connectivity index (χ0v) is 23.7. The lowest BCUT2D eigenvalue weighted by molar-refractivity contribution is -0.140. The Labute approximate surface area is 241 Å². The number of carbonyl (C=O) groups excluding carboxylic acids is 1. The minimum absolute atomic E-state index is 0.0347. The molecule has 4 aromatic carbocycles. The number of rotatable bonds is 11. The van der Waals surface area contributed by atoms with Gasteiger partial charge in [-0.2, -0.15) is 0 Å². The van der Waals surface area contributed by atoms with Crippen molar-refractivity contribution in [3.8, 4) is 5.75 Å². The first-order valence-electron chi connectivity index (χ1n) is 13.7. The van der Waals surface area contributed by atoms with Crippen LogP contribution in [0.5, 0.6) is 5.75 Å². The van der Waals surface area contributed by atoms with Crippen LogP contribution in [-0.2, 0) is 22.4 Å². The van der Waals surface area contributed by atoms with Gasteiger partial charge in [0.15, 0.2) is 0 Å². The molecule has 0 aliphatic heterocycles. The van der Waals surface area contributed by atoms with Crippen LogP contribution in [0.4, 0.5) is 0 Å². The van der Waals surface area contributed by atoms with E-state index in [4.69, 9.17) is 21.1 Å². The Morgan fingerprint density at radius 2 is 1.50 bits per heavy atom. The fraction of sp³-hybridized carbons (Fsp3) is 0.229. The van der Waals surface area contributed by atoms with Crippen molar-refractivity contribution in [3.05, 3.63) is 136 Å². The van der Waals surface area contributed by atoms with Crippen LogP contribution in [0.3, 0.4) is 0 Å². The Kier molecular flexibility index (Phi) is 8.87. The maximum Gasteiger partial charge on any atom is 0.305 e. The van der Waals surface area contributed by atoms with Gasteiger partial charge in [0.2, 0.25) is 0 Å². The summed E-state index contributed by atoms with van der Waals surface area (Å²) in [6, 6.07) is 35.6. The van der Waals surface area contributed by atoms with Crippen LogP contribution in [0.25, 0.3) is 10.9 Å². The van der Waals surface area contributed by atoms with Crippen molar-refractivity contribution in [1.29, 1.82) is 0 Å². The Morgan fingerprint density at radius 3 is 2.12 bits per heavy atom. The first-order chi connectivity index (χ1) is 19.5. The molecule has 1 heterocycles. The van der Waals surface area contributed by atoms with Gasteiger partial charge in [0.05, 0.1) is 19.8 Å². The zero-order chi connectivity index (χ0) is 27.9. The van der Waals surface area contributed by atoms with Gasteiger partial charge in [-0.05, 0) is 72.4 Å². The fourth-order valence-electron chi connectivity index (χ4n) is 5.45. The summed E-state index contributed by atoms with van der Waals surface area (Å²) in [5.41, 5.74) is 7.26. The Balaban J connectivity index is 1.39. The van der Waals surface area contributed by atoms with Gasteiger partial charge >= 0.3 is 5.97 Å². The highest BCUT2D eigenvalue weighted by atomic mass is 35.5. The van der Waals surface area contributed by atoms with Crippen LogP contribution in [0.15, 0.2) is 103 Å². The molecule has 0 aliphatic carbocycles. The smallest absolute Gasteiger partial charge is 0.305 e. The maximum absolute atomic E-state index is 11.3. The van der Waals surface area contributed by atoms with Gasteiger partial charge in [0, 0.05) is 34.5 Å². The minimum Gasteiger partial charge on any atom is -0.493 e. The number of hydrogen-bond acceptors (Lipinski definition) is 3. The van der Waals surface area contributed by atoms with Crippen molar-refractivity contribution in [3.63, 3.8) is 0 Å². The largest absolute Gasteiger partial charge is 0.493 e. The van der Waals surface area contributed by atoms with E-state index in [1.54, 1.807) is 0 Å². The molecule has 0 bridgehead atoms. The topological polar surface area (TPSA) is 40.5 Å². The SMILES string of the molecule is COC(=O)CCCc1ccc(OCCc2c(C)n(C(c3ccccc3)c3ccccc3)c3ccc(Cl)cc23)cc1. The number of ether oxygens (including phenoxy) is 2. The highest BCUT2D eigenvalue weighted by Gasteiger charge is 2.23. The summed E-state index contributed by atoms with van der Waals surface area (Å²) in [6.45, 7) is 2.75. The summed E-state index contributed by atoms with van der Waals surface area (Å²) >= 11 is 6.51. The highest BCUT2D eigenvalue weighted by Crippen LogP contribution is 2.37. The van der Waals surface area contributed by atoms with Crippen molar-refractivity contribution in [2.24, 2.45) is 0 Å². The Hall–Kier alpha value is -4.02. The van der Waals surface area contributed by atoms with Gasteiger partial charge in [-0.1, -0.05) is 84.4 Å². The molecule has 0 atom stereocenters. The molecule has 0 unspecified atom stereocenters. The molecule has 40 heavy (non-hydrogen) atoms. The van der Waals surface area contributed by atoms with Gasteiger partial charge in [0.25, 0.3) is 0 Å². The third kappa shape index (κ3) is 6.24. The van der Waals surface area contributed by atoms with E-state index < -0.39 is 0 Å². The van der Waals surface area contributed by atoms with E-state index in [9.17, 15) is 4.79 Å². The van der Waals surface area contributed by atoms with Crippen LogP contribution in [0, 0.1) is 6.92 Å². The molecule has 5 aromatic rings. The Morgan fingerprint density at radius 1 is 0.850 bits per heavy atom. The molecule has 0 saturated heterocycles. The van der Waals surface area contributed by atoms with Gasteiger partial charge in [-0.3, -0.25) is 4.79 Å². The van der Waals surface area contributed by atoms with E-state index in [0.29, 0.717) is 13.0 Å². The zero-order valence-electron chi connectivity index (χ0n) is 23.0. The van der Waals surface area contributed by atoms with Crippen molar-refractivity contribution < 1.29 is 14.3 Å². The van der Waals surface area contributed by atoms with Gasteiger partial charge < -0.3 is 14.0 Å². The Bertz CT molecular complexity index is 1520. The van der Waals surface area contributed by atoms with Crippen LogP contribution >= 0.6 is 11.6 Å². The monoisotopic (exact) mass is 551 g/mol. The molecule has 0 amide bonds. The molecule has 4 nitrogen and oxygen atoms in total. The summed E-state index contributed by atoms with van der Waals surface area (Å²) in [7, 11) is 1.42. The van der Waals surface area contributed by atoms with E-state index in [2.05, 4.69) is 96.4 Å². The van der Waals surface area contributed by atoms with Gasteiger partial charge in [-0.25, -0.2) is 0 Å². The van der Waals surface area contributed by atoms with Crippen molar-refractivity contribution in [2.75, 3.05) is 13.7 Å². The first kappa shape index (κ1) is 27.5. The number of carbonyl (C=O) groups is 1. The highest BCUT2D eigenvalue weighted by molar-refractivity contribution is 6.31. The number of halogens is 1. The number of hydrogen-bond donors (Lipinski definition) is 0. The third-order valence-corrected chi connectivity index (χ3v) is 7.68. The van der Waals surface area contributed by atoms with Crippen LogP contribution in [-0.4, -0.2) is 24.3 Å². The number of aromatic nitrogens is 1. The second kappa shape index (κ2) is 12.9. The summed E-state index contributed by atoms with van der Waals surface area (Å²) in [5.74, 6) is 0.666. The molecule has 204 valence electrons. The maximum atomic E-state index is 11.3. The molecule has 5 heteroatoms. The van der Waals surface area contributed by atoms with E-state index in [0.717, 1.165) is 40.9 Å². The van der Waals surface area contributed by atoms with E-state index in [1.807, 2.05) is 18.2 Å². The van der Waals surface area contributed by atoms with Crippen molar-refractivity contribution in [1.82, 2.24) is 4.57 Å². The molecule has 0 N–H and O–H groups in total. The number of esters is 1. The molecule has 0 fully saturated rings. The van der Waals surface area contributed by atoms with Gasteiger partial charge in [-0.15, -0.1) is 0 Å². The number of nitrogens with zero attached hydrogens (tertiary/aromatic N) is 1. The molecular weight excluding hydrogens is 518 g/mol. The molecule has 1 aromatic heterocycles. The second-order valence-corrected chi connectivity index (χ2v) is 10.4. The van der Waals surface area contributed by atoms with Crippen molar-refractivity contribution >= 4 is 28.5 Å². The average Bonchev–Trinajstić information content (AvgIpc) is 3.25. The standard InChI is InChI=1S/C35H34ClNO3/c1-25-31(22-23-40-30-19-16-26(17-20-30)10-9-15-34(38)39-2)32-24-29(36)18-21-33(32)37(25)35(27-11-5-3-6-12-27)28-13-7-4-8-14-28/h3-8,11-14,16-21,24,35H,9-10,15,22-23H2,1-2H3. The molecule has 0 spiro atoms.